The first-order chi connectivity index (χ1) is 22.1. The van der Waals surface area contributed by atoms with Crippen LogP contribution in [0.25, 0.3) is 16.8 Å². The molecule has 9 nitrogen and oxygen atoms in total. The Morgan fingerprint density at radius 1 is 0.913 bits per heavy atom. The maximum Gasteiger partial charge on any atom is 0.490 e. The average molecular weight is 650 g/mol. The monoisotopic (exact) mass is 649 g/mol. The highest BCUT2D eigenvalue weighted by atomic mass is 32.1. The zero-order chi connectivity index (χ0) is 32.7. The number of halogens is 3. The molecule has 1 aliphatic rings. The van der Waals surface area contributed by atoms with Crippen LogP contribution >= 0.6 is 11.3 Å². The SMILES string of the molecule is Cc1ccccc1-c1cscc1Nc1cnn(-c2cccc(C(=O)Nc3ccc(N4CCOCC4)cc3)c2)c1.O=C(O)C(F)(F)F. The average Bonchev–Trinajstić information content (AvgIpc) is 3.72. The van der Waals surface area contributed by atoms with Crippen molar-refractivity contribution in [3.05, 3.63) is 107 Å². The van der Waals surface area contributed by atoms with E-state index in [1.807, 2.05) is 54.7 Å². The van der Waals surface area contributed by atoms with Gasteiger partial charge in [-0.25, -0.2) is 9.48 Å². The number of hydrogen-bond acceptors (Lipinski definition) is 7. The molecule has 5 aromatic rings. The van der Waals surface area contributed by atoms with Crippen LogP contribution in [0.1, 0.15) is 15.9 Å². The third-order valence-corrected chi connectivity index (χ3v) is 7.82. The van der Waals surface area contributed by atoms with E-state index >= 15 is 0 Å². The van der Waals surface area contributed by atoms with E-state index in [0.717, 1.165) is 54.7 Å². The minimum absolute atomic E-state index is 0.164. The van der Waals surface area contributed by atoms with Crippen molar-refractivity contribution in [2.45, 2.75) is 13.1 Å². The molecule has 1 saturated heterocycles. The van der Waals surface area contributed by atoms with Gasteiger partial charge in [0.05, 0.1) is 42.7 Å². The van der Waals surface area contributed by atoms with Crippen LogP contribution in [0.2, 0.25) is 0 Å². The number of thiophene rings is 1. The Labute approximate surface area is 266 Å². The summed E-state index contributed by atoms with van der Waals surface area (Å²) >= 11 is 1.66. The summed E-state index contributed by atoms with van der Waals surface area (Å²) in [5, 5.41) is 22.4. The lowest BCUT2D eigenvalue weighted by atomic mass is 10.0. The lowest BCUT2D eigenvalue weighted by Gasteiger charge is -2.28. The van der Waals surface area contributed by atoms with Gasteiger partial charge in [0.25, 0.3) is 5.91 Å². The van der Waals surface area contributed by atoms with Gasteiger partial charge >= 0.3 is 12.1 Å². The zero-order valence-electron chi connectivity index (χ0n) is 24.6. The number of ether oxygens (including phenoxy) is 1. The molecular formula is C33H30F3N5O4S. The number of alkyl halides is 3. The van der Waals surface area contributed by atoms with Crippen molar-refractivity contribution in [1.29, 1.82) is 0 Å². The van der Waals surface area contributed by atoms with Gasteiger partial charge in [-0.05, 0) is 60.5 Å². The molecule has 0 spiro atoms. The second-order valence-electron chi connectivity index (χ2n) is 10.3. The number of carboxylic acids is 1. The standard InChI is InChI=1S/C31H29N5O2S.C2HF3O2/c1-22-5-2-3-8-28(22)29-20-39-21-30(29)33-25-18-32-36(19-25)27-7-4-6-23(17-27)31(37)34-24-9-11-26(12-10-24)35-13-15-38-16-14-35;3-2(4,5)1(6)7/h2-12,17-21,33H,13-16H2,1H3,(H,34,37);(H,6,7). The van der Waals surface area contributed by atoms with Gasteiger partial charge in [0.1, 0.15) is 0 Å². The predicted octanol–water partition coefficient (Wildman–Crippen LogP) is 7.38. The highest BCUT2D eigenvalue weighted by Crippen LogP contribution is 2.35. The summed E-state index contributed by atoms with van der Waals surface area (Å²) in [5.74, 6) is -2.92. The van der Waals surface area contributed by atoms with E-state index in [1.165, 1.54) is 16.7 Å². The zero-order valence-corrected chi connectivity index (χ0v) is 25.4. The maximum atomic E-state index is 13.0. The Morgan fingerprint density at radius 3 is 2.33 bits per heavy atom. The molecule has 238 valence electrons. The van der Waals surface area contributed by atoms with Crippen LogP contribution < -0.4 is 15.5 Å². The topological polar surface area (TPSA) is 109 Å². The summed E-state index contributed by atoms with van der Waals surface area (Å²) in [5.41, 5.74) is 8.80. The van der Waals surface area contributed by atoms with Gasteiger partial charge in [-0.15, -0.1) is 11.3 Å². The Morgan fingerprint density at radius 2 is 1.63 bits per heavy atom. The van der Waals surface area contributed by atoms with E-state index in [0.29, 0.717) is 5.56 Å². The second kappa shape index (κ2) is 14.3. The minimum Gasteiger partial charge on any atom is -0.475 e. The predicted molar refractivity (Wildman–Crippen MR) is 172 cm³/mol. The van der Waals surface area contributed by atoms with E-state index in [1.54, 1.807) is 22.2 Å². The van der Waals surface area contributed by atoms with Crippen molar-refractivity contribution >= 4 is 46.0 Å². The number of carbonyl (C=O) groups is 2. The molecule has 3 N–H and O–H groups in total. The molecule has 13 heteroatoms. The third kappa shape index (κ3) is 8.11. The van der Waals surface area contributed by atoms with Gasteiger partial charge in [0, 0.05) is 46.4 Å². The molecule has 2 aromatic heterocycles. The molecule has 0 bridgehead atoms. The number of nitrogens with zero attached hydrogens (tertiary/aromatic N) is 3. The number of aromatic nitrogens is 2. The number of rotatable bonds is 7. The lowest BCUT2D eigenvalue weighted by Crippen LogP contribution is -2.36. The fourth-order valence-corrected chi connectivity index (χ4v) is 5.51. The highest BCUT2D eigenvalue weighted by Gasteiger charge is 2.38. The van der Waals surface area contributed by atoms with Crippen LogP contribution in [-0.2, 0) is 9.53 Å². The summed E-state index contributed by atoms with van der Waals surface area (Å²) in [6.07, 6.45) is -1.36. The Hall–Kier alpha value is -5.14. The van der Waals surface area contributed by atoms with Crippen molar-refractivity contribution in [3.63, 3.8) is 0 Å². The summed E-state index contributed by atoms with van der Waals surface area (Å²) < 4.78 is 38.9. The number of aryl methyl sites for hydroxylation is 1. The number of hydrogen-bond donors (Lipinski definition) is 3. The lowest BCUT2D eigenvalue weighted by molar-refractivity contribution is -0.192. The number of carboxylic acid groups (broad SMARTS) is 1. The number of amides is 1. The number of nitrogens with one attached hydrogen (secondary N) is 2. The Kier molecular flexibility index (Phi) is 10.0. The van der Waals surface area contributed by atoms with Gasteiger partial charge in [0.15, 0.2) is 0 Å². The van der Waals surface area contributed by atoms with E-state index in [4.69, 9.17) is 14.6 Å². The molecule has 1 amide bonds. The molecule has 1 aliphatic heterocycles. The first-order valence-electron chi connectivity index (χ1n) is 14.2. The van der Waals surface area contributed by atoms with E-state index < -0.39 is 12.1 Å². The van der Waals surface area contributed by atoms with E-state index in [2.05, 4.69) is 62.6 Å². The Bertz CT molecular complexity index is 1800. The normalized spacial score (nSPS) is 13.0. The van der Waals surface area contributed by atoms with Crippen molar-refractivity contribution in [2.24, 2.45) is 0 Å². The molecule has 0 aliphatic carbocycles. The first kappa shape index (κ1) is 32.3. The van der Waals surface area contributed by atoms with Crippen molar-refractivity contribution in [3.8, 4) is 16.8 Å². The highest BCUT2D eigenvalue weighted by molar-refractivity contribution is 7.08. The molecule has 0 unspecified atom stereocenters. The molecule has 0 radical (unpaired) electrons. The minimum atomic E-state index is -5.08. The number of benzene rings is 3. The summed E-state index contributed by atoms with van der Waals surface area (Å²) in [7, 11) is 0. The summed E-state index contributed by atoms with van der Waals surface area (Å²) in [6.45, 7) is 5.36. The van der Waals surface area contributed by atoms with Gasteiger partial charge < -0.3 is 25.4 Å². The second-order valence-corrected chi connectivity index (χ2v) is 11.0. The largest absolute Gasteiger partial charge is 0.490 e. The molecule has 3 aromatic carbocycles. The molecule has 1 fully saturated rings. The van der Waals surface area contributed by atoms with Crippen molar-refractivity contribution < 1.29 is 32.6 Å². The van der Waals surface area contributed by atoms with Crippen LogP contribution in [0.5, 0.6) is 0 Å². The van der Waals surface area contributed by atoms with Crippen LogP contribution in [0, 0.1) is 6.92 Å². The van der Waals surface area contributed by atoms with Gasteiger partial charge in [-0.1, -0.05) is 30.3 Å². The Balaban J connectivity index is 0.000000537. The van der Waals surface area contributed by atoms with Crippen LogP contribution in [0.4, 0.5) is 35.9 Å². The number of anilines is 4. The van der Waals surface area contributed by atoms with Crippen LogP contribution in [0.15, 0.2) is 96.0 Å². The molecule has 46 heavy (non-hydrogen) atoms. The third-order valence-electron chi connectivity index (χ3n) is 7.08. The van der Waals surface area contributed by atoms with Crippen LogP contribution in [0.3, 0.4) is 0 Å². The number of aliphatic carboxylic acids is 1. The first-order valence-corrected chi connectivity index (χ1v) is 15.1. The summed E-state index contributed by atoms with van der Waals surface area (Å²) in [6, 6.07) is 23.8. The van der Waals surface area contributed by atoms with Gasteiger partial charge in [0.2, 0.25) is 0 Å². The molecule has 0 atom stereocenters. The smallest absolute Gasteiger partial charge is 0.475 e. The quantitative estimate of drug-likeness (QED) is 0.169. The van der Waals surface area contributed by atoms with Gasteiger partial charge in [-0.3, -0.25) is 4.79 Å². The fraction of sp³-hybridized carbons (Fsp3) is 0.182. The van der Waals surface area contributed by atoms with Gasteiger partial charge in [-0.2, -0.15) is 18.3 Å². The molecule has 3 heterocycles. The number of carbonyl (C=O) groups excluding carboxylic acids is 1. The van der Waals surface area contributed by atoms with E-state index in [9.17, 15) is 18.0 Å². The number of morpholine rings is 1. The van der Waals surface area contributed by atoms with Crippen LogP contribution in [-0.4, -0.2) is 59.2 Å². The van der Waals surface area contributed by atoms with Crippen molar-refractivity contribution in [1.82, 2.24) is 9.78 Å². The molecule has 0 saturated carbocycles. The molecular weight excluding hydrogens is 619 g/mol. The fourth-order valence-electron chi connectivity index (χ4n) is 4.73. The maximum absolute atomic E-state index is 13.0. The van der Waals surface area contributed by atoms with Crippen molar-refractivity contribution in [2.75, 3.05) is 41.8 Å². The molecule has 6 rings (SSSR count). The summed E-state index contributed by atoms with van der Waals surface area (Å²) in [4.78, 5) is 24.2. The van der Waals surface area contributed by atoms with E-state index in [-0.39, 0.29) is 5.91 Å².